The number of aromatic nitrogens is 1. The Morgan fingerprint density at radius 3 is 2.82 bits per heavy atom. The molecule has 1 amide bonds. The summed E-state index contributed by atoms with van der Waals surface area (Å²) in [6.45, 7) is 2.96. The van der Waals surface area contributed by atoms with E-state index in [1.165, 1.54) is 12.8 Å². The summed E-state index contributed by atoms with van der Waals surface area (Å²) in [4.78, 5) is 15.9. The Kier molecular flexibility index (Phi) is 3.61. The topological polar surface area (TPSA) is 54.0 Å². The third kappa shape index (κ3) is 3.19. The smallest absolute Gasteiger partial charge is 0.252 e. The molecule has 1 aromatic rings. The summed E-state index contributed by atoms with van der Waals surface area (Å²) < 4.78 is 0. The van der Waals surface area contributed by atoms with Crippen molar-refractivity contribution in [3.63, 3.8) is 0 Å². The molecule has 0 spiro atoms. The van der Waals surface area contributed by atoms with Gasteiger partial charge in [-0.05, 0) is 36.8 Å². The van der Waals surface area contributed by atoms with Gasteiger partial charge in [0.05, 0.1) is 5.56 Å². The molecule has 0 radical (unpaired) electrons. The predicted molar refractivity (Wildman–Crippen MR) is 68.0 cm³/mol. The van der Waals surface area contributed by atoms with Gasteiger partial charge in [-0.2, -0.15) is 0 Å². The number of hydrogen-bond donors (Lipinski definition) is 2. The molecule has 1 unspecified atom stereocenters. The lowest BCUT2D eigenvalue weighted by atomic mass is 10.1. The van der Waals surface area contributed by atoms with Crippen molar-refractivity contribution in [2.45, 2.75) is 19.8 Å². The number of amides is 1. The van der Waals surface area contributed by atoms with Gasteiger partial charge in [-0.25, -0.2) is 4.98 Å². The highest BCUT2D eigenvalue weighted by Crippen LogP contribution is 2.36. The normalized spacial score (nSPS) is 16.4. The number of nitrogens with one attached hydrogen (secondary N) is 2. The highest BCUT2D eigenvalue weighted by Gasteiger charge is 2.27. The van der Waals surface area contributed by atoms with Crippen molar-refractivity contribution in [1.29, 1.82) is 0 Å². The van der Waals surface area contributed by atoms with Gasteiger partial charge in [0, 0.05) is 19.8 Å². The highest BCUT2D eigenvalue weighted by atomic mass is 16.1. The van der Waals surface area contributed by atoms with Crippen LogP contribution < -0.4 is 10.6 Å². The van der Waals surface area contributed by atoms with Crippen molar-refractivity contribution in [3.05, 3.63) is 23.9 Å². The van der Waals surface area contributed by atoms with Crippen LogP contribution in [0.4, 0.5) is 5.82 Å². The number of nitrogens with zero attached hydrogens (tertiary/aromatic N) is 1. The molecule has 1 aliphatic carbocycles. The van der Waals surface area contributed by atoms with Crippen LogP contribution in [0.1, 0.15) is 30.1 Å². The molecule has 1 atom stereocenters. The average molecular weight is 233 g/mol. The van der Waals surface area contributed by atoms with Gasteiger partial charge in [-0.1, -0.05) is 6.92 Å². The first-order valence-electron chi connectivity index (χ1n) is 6.12. The SMILES string of the molecule is CNc1ccc(C(=O)NCC(C)C2CC2)cn1. The zero-order valence-corrected chi connectivity index (χ0v) is 10.4. The van der Waals surface area contributed by atoms with E-state index >= 15 is 0 Å². The fourth-order valence-corrected chi connectivity index (χ4v) is 1.86. The highest BCUT2D eigenvalue weighted by molar-refractivity contribution is 5.94. The fourth-order valence-electron chi connectivity index (χ4n) is 1.86. The van der Waals surface area contributed by atoms with Crippen LogP contribution in [-0.2, 0) is 0 Å². The molecule has 1 saturated carbocycles. The number of carbonyl (C=O) groups excluding carboxylic acids is 1. The Labute approximate surface area is 102 Å². The predicted octanol–water partition coefficient (Wildman–Crippen LogP) is 1.90. The number of carbonyl (C=O) groups is 1. The van der Waals surface area contributed by atoms with E-state index in [1.807, 2.05) is 0 Å². The number of anilines is 1. The Bertz CT molecular complexity index is 384. The fraction of sp³-hybridized carbons (Fsp3) is 0.538. The van der Waals surface area contributed by atoms with Crippen LogP contribution in [0.3, 0.4) is 0 Å². The van der Waals surface area contributed by atoms with E-state index in [0.717, 1.165) is 18.3 Å². The summed E-state index contributed by atoms with van der Waals surface area (Å²) in [6, 6.07) is 3.59. The zero-order valence-electron chi connectivity index (χ0n) is 10.4. The zero-order chi connectivity index (χ0) is 12.3. The number of rotatable bonds is 5. The maximum Gasteiger partial charge on any atom is 0.252 e. The molecule has 17 heavy (non-hydrogen) atoms. The van der Waals surface area contributed by atoms with Crippen LogP contribution in [0.5, 0.6) is 0 Å². The molecule has 1 aliphatic rings. The largest absolute Gasteiger partial charge is 0.373 e. The van der Waals surface area contributed by atoms with Crippen molar-refractivity contribution in [2.24, 2.45) is 11.8 Å². The van der Waals surface area contributed by atoms with E-state index < -0.39 is 0 Å². The van der Waals surface area contributed by atoms with Gasteiger partial charge >= 0.3 is 0 Å². The molecule has 2 N–H and O–H groups in total. The molecule has 0 saturated heterocycles. The van der Waals surface area contributed by atoms with Crippen LogP contribution >= 0.6 is 0 Å². The third-order valence-electron chi connectivity index (χ3n) is 3.29. The molecular weight excluding hydrogens is 214 g/mol. The lowest BCUT2D eigenvalue weighted by Gasteiger charge is -2.11. The minimum atomic E-state index is -0.0346. The van der Waals surface area contributed by atoms with Crippen molar-refractivity contribution < 1.29 is 4.79 Å². The Hall–Kier alpha value is -1.58. The van der Waals surface area contributed by atoms with Gasteiger partial charge in [-0.15, -0.1) is 0 Å². The van der Waals surface area contributed by atoms with Crippen LogP contribution in [-0.4, -0.2) is 24.5 Å². The van der Waals surface area contributed by atoms with Crippen molar-refractivity contribution in [3.8, 4) is 0 Å². The van der Waals surface area contributed by atoms with E-state index in [-0.39, 0.29) is 5.91 Å². The van der Waals surface area contributed by atoms with Crippen LogP contribution in [0.25, 0.3) is 0 Å². The quantitative estimate of drug-likeness (QED) is 0.816. The van der Waals surface area contributed by atoms with Crippen LogP contribution in [0.2, 0.25) is 0 Å². The van der Waals surface area contributed by atoms with E-state index in [1.54, 1.807) is 25.4 Å². The minimum Gasteiger partial charge on any atom is -0.373 e. The number of pyridine rings is 1. The van der Waals surface area contributed by atoms with E-state index in [0.29, 0.717) is 11.5 Å². The molecule has 4 nitrogen and oxygen atoms in total. The molecular formula is C13H19N3O. The summed E-state index contributed by atoms with van der Waals surface area (Å²) in [7, 11) is 1.80. The second kappa shape index (κ2) is 5.17. The molecule has 1 heterocycles. The van der Waals surface area contributed by atoms with Gasteiger partial charge in [0.1, 0.15) is 5.82 Å². The molecule has 0 aromatic carbocycles. The van der Waals surface area contributed by atoms with Gasteiger partial charge in [0.2, 0.25) is 0 Å². The summed E-state index contributed by atoms with van der Waals surface area (Å²) in [5.41, 5.74) is 0.618. The first-order chi connectivity index (χ1) is 8.20. The van der Waals surface area contributed by atoms with Crippen molar-refractivity contribution in [2.75, 3.05) is 18.9 Å². The molecule has 1 fully saturated rings. The minimum absolute atomic E-state index is 0.0346. The van der Waals surface area contributed by atoms with Gasteiger partial charge in [0.25, 0.3) is 5.91 Å². The second-order valence-electron chi connectivity index (χ2n) is 4.71. The first kappa shape index (κ1) is 11.9. The van der Waals surface area contributed by atoms with Crippen LogP contribution in [0.15, 0.2) is 18.3 Å². The maximum absolute atomic E-state index is 11.8. The molecule has 1 aromatic heterocycles. The molecule has 2 rings (SSSR count). The van der Waals surface area contributed by atoms with Gasteiger partial charge in [0.15, 0.2) is 0 Å². The monoisotopic (exact) mass is 233 g/mol. The Balaban J connectivity index is 1.85. The maximum atomic E-state index is 11.8. The number of hydrogen-bond acceptors (Lipinski definition) is 3. The Morgan fingerprint density at radius 2 is 2.29 bits per heavy atom. The lowest BCUT2D eigenvalue weighted by molar-refractivity contribution is 0.0946. The molecule has 4 heteroatoms. The summed E-state index contributed by atoms with van der Waals surface area (Å²) >= 11 is 0. The van der Waals surface area contributed by atoms with Gasteiger partial charge in [-0.3, -0.25) is 4.79 Å². The summed E-state index contributed by atoms with van der Waals surface area (Å²) in [6.07, 6.45) is 4.23. The summed E-state index contributed by atoms with van der Waals surface area (Å²) in [5, 5.41) is 5.88. The van der Waals surface area contributed by atoms with E-state index in [9.17, 15) is 4.79 Å². The lowest BCUT2D eigenvalue weighted by Crippen LogP contribution is -2.29. The molecule has 0 aliphatic heterocycles. The average Bonchev–Trinajstić information content (AvgIpc) is 3.20. The molecule has 92 valence electrons. The van der Waals surface area contributed by atoms with Gasteiger partial charge < -0.3 is 10.6 Å². The van der Waals surface area contributed by atoms with Crippen molar-refractivity contribution in [1.82, 2.24) is 10.3 Å². The Morgan fingerprint density at radius 1 is 1.53 bits per heavy atom. The second-order valence-corrected chi connectivity index (χ2v) is 4.71. The first-order valence-corrected chi connectivity index (χ1v) is 6.12. The van der Waals surface area contributed by atoms with E-state index in [2.05, 4.69) is 22.5 Å². The molecule has 0 bridgehead atoms. The van der Waals surface area contributed by atoms with E-state index in [4.69, 9.17) is 0 Å². The third-order valence-corrected chi connectivity index (χ3v) is 3.29. The van der Waals surface area contributed by atoms with Crippen molar-refractivity contribution >= 4 is 11.7 Å². The summed E-state index contributed by atoms with van der Waals surface area (Å²) in [5.74, 6) is 2.14. The standard InChI is InChI=1S/C13H19N3O/c1-9(10-3-4-10)7-16-13(17)11-5-6-12(14-2)15-8-11/h5-6,8-10H,3-4,7H2,1-2H3,(H,14,15)(H,16,17). The van der Waals surface area contributed by atoms with Crippen LogP contribution in [0, 0.1) is 11.8 Å².